The van der Waals surface area contributed by atoms with Gasteiger partial charge in [-0.15, -0.1) is 0 Å². The maximum Gasteiger partial charge on any atom is 0.326 e. The highest BCUT2D eigenvalue weighted by Crippen LogP contribution is 2.28. The van der Waals surface area contributed by atoms with Gasteiger partial charge >= 0.3 is 5.97 Å². The third-order valence-electron chi connectivity index (χ3n) is 3.77. The molecule has 1 aliphatic rings. The minimum Gasteiger partial charge on any atom is -0.480 e. The smallest absolute Gasteiger partial charge is 0.326 e. The maximum absolute atomic E-state index is 12.1. The number of hydrogen-bond acceptors (Lipinski definition) is 5. The molecule has 0 unspecified atom stereocenters. The second-order valence-electron chi connectivity index (χ2n) is 5.85. The molecule has 0 aliphatic heterocycles. The zero-order chi connectivity index (χ0) is 16.9. The highest BCUT2D eigenvalue weighted by atomic mass is 32.2. The molecule has 0 bridgehead atoms. The van der Waals surface area contributed by atoms with Gasteiger partial charge in [-0.05, 0) is 37.3 Å². The van der Waals surface area contributed by atoms with Crippen molar-refractivity contribution >= 4 is 21.8 Å². The van der Waals surface area contributed by atoms with Crippen LogP contribution in [0, 0.1) is 5.92 Å². The largest absolute Gasteiger partial charge is 0.480 e. The summed E-state index contributed by atoms with van der Waals surface area (Å²) >= 11 is 0. The highest BCUT2D eigenvalue weighted by Gasteiger charge is 2.24. The van der Waals surface area contributed by atoms with Crippen LogP contribution >= 0.6 is 0 Å². The van der Waals surface area contributed by atoms with Crippen molar-refractivity contribution in [2.45, 2.75) is 50.0 Å². The van der Waals surface area contributed by atoms with Gasteiger partial charge in [0, 0.05) is 12.7 Å². The predicted molar refractivity (Wildman–Crippen MR) is 86.7 cm³/mol. The molecule has 0 radical (unpaired) electrons. The number of carboxylic acids is 1. The molecule has 128 valence electrons. The summed E-state index contributed by atoms with van der Waals surface area (Å²) in [4.78, 5) is 15.3. The van der Waals surface area contributed by atoms with E-state index in [0.29, 0.717) is 24.7 Å². The van der Waals surface area contributed by atoms with Gasteiger partial charge in [-0.1, -0.05) is 19.8 Å². The van der Waals surface area contributed by atoms with Crippen LogP contribution in [0.1, 0.15) is 39.0 Å². The summed E-state index contributed by atoms with van der Waals surface area (Å²) in [5.74, 6) is -0.133. The molecule has 1 fully saturated rings. The van der Waals surface area contributed by atoms with Crippen LogP contribution in [0.15, 0.2) is 23.2 Å². The molecular weight excluding hydrogens is 318 g/mol. The normalized spacial score (nSPS) is 16.0. The molecular formula is C15H23N3O4S. The zero-order valence-corrected chi connectivity index (χ0v) is 14.0. The zero-order valence-electron chi connectivity index (χ0n) is 13.2. The van der Waals surface area contributed by atoms with E-state index in [0.717, 1.165) is 25.7 Å². The van der Waals surface area contributed by atoms with E-state index in [-0.39, 0.29) is 4.90 Å². The second kappa shape index (κ2) is 7.74. The Balaban J connectivity index is 1.98. The quantitative estimate of drug-likeness (QED) is 0.599. The van der Waals surface area contributed by atoms with Gasteiger partial charge in [-0.25, -0.2) is 22.9 Å². The fourth-order valence-corrected chi connectivity index (χ4v) is 3.16. The van der Waals surface area contributed by atoms with Crippen LogP contribution in [-0.4, -0.2) is 37.1 Å². The number of pyridine rings is 1. The Morgan fingerprint density at radius 2 is 2.17 bits per heavy atom. The molecule has 0 aromatic carbocycles. The first-order valence-electron chi connectivity index (χ1n) is 7.87. The van der Waals surface area contributed by atoms with E-state index in [9.17, 15) is 18.3 Å². The fourth-order valence-electron chi connectivity index (χ4n) is 2.10. The van der Waals surface area contributed by atoms with Gasteiger partial charge in [0.1, 0.15) is 16.8 Å². The lowest BCUT2D eigenvalue weighted by molar-refractivity contribution is -0.138. The number of aliphatic carboxylic acids is 1. The van der Waals surface area contributed by atoms with Crippen LogP contribution in [0.4, 0.5) is 5.82 Å². The minimum absolute atomic E-state index is 0.0872. The van der Waals surface area contributed by atoms with Crippen LogP contribution in [0.25, 0.3) is 0 Å². The van der Waals surface area contributed by atoms with Gasteiger partial charge in [0.2, 0.25) is 10.0 Å². The predicted octanol–water partition coefficient (Wildman–Crippen LogP) is 1.83. The van der Waals surface area contributed by atoms with Gasteiger partial charge in [0.25, 0.3) is 0 Å². The molecule has 0 spiro atoms. The molecule has 1 aliphatic carbocycles. The summed E-state index contributed by atoms with van der Waals surface area (Å²) < 4.78 is 26.7. The first-order valence-corrected chi connectivity index (χ1v) is 9.35. The number of nitrogens with one attached hydrogen (secondary N) is 2. The van der Waals surface area contributed by atoms with Crippen LogP contribution < -0.4 is 10.0 Å². The van der Waals surface area contributed by atoms with Crippen LogP contribution in [0.3, 0.4) is 0 Å². The Labute approximate surface area is 136 Å². The number of anilines is 1. The molecule has 0 saturated heterocycles. The van der Waals surface area contributed by atoms with Crippen molar-refractivity contribution in [3.05, 3.63) is 18.3 Å². The first kappa shape index (κ1) is 17.7. The van der Waals surface area contributed by atoms with Crippen molar-refractivity contribution in [3.8, 4) is 0 Å². The van der Waals surface area contributed by atoms with E-state index in [1.807, 2.05) is 6.92 Å². The number of aromatic nitrogens is 1. The summed E-state index contributed by atoms with van der Waals surface area (Å²) in [5, 5.41) is 12.0. The lowest BCUT2D eigenvalue weighted by Crippen LogP contribution is -2.29. The molecule has 3 N–H and O–H groups in total. The van der Waals surface area contributed by atoms with Crippen molar-refractivity contribution in [1.82, 2.24) is 9.71 Å². The molecule has 0 amide bonds. The summed E-state index contributed by atoms with van der Waals surface area (Å²) in [5.41, 5.74) is 0. The number of hydrogen-bond donors (Lipinski definition) is 3. The van der Waals surface area contributed by atoms with Crippen LogP contribution in [0.2, 0.25) is 0 Å². The number of carbonyl (C=O) groups is 1. The lowest BCUT2D eigenvalue weighted by Gasteiger charge is -2.15. The number of sulfonamides is 1. The third kappa shape index (κ3) is 5.47. The van der Waals surface area contributed by atoms with Crippen molar-refractivity contribution in [1.29, 1.82) is 0 Å². The van der Waals surface area contributed by atoms with Gasteiger partial charge in [0.05, 0.1) is 0 Å². The minimum atomic E-state index is -3.55. The van der Waals surface area contributed by atoms with E-state index >= 15 is 0 Å². The van der Waals surface area contributed by atoms with Gasteiger partial charge in [0.15, 0.2) is 0 Å². The molecule has 1 aromatic rings. The van der Waals surface area contributed by atoms with E-state index in [1.54, 1.807) is 0 Å². The van der Waals surface area contributed by atoms with E-state index in [2.05, 4.69) is 15.0 Å². The molecule has 1 atom stereocenters. The Bertz CT molecular complexity index is 627. The summed E-state index contributed by atoms with van der Waals surface area (Å²) in [7, 11) is -3.55. The van der Waals surface area contributed by atoms with E-state index in [4.69, 9.17) is 0 Å². The summed E-state index contributed by atoms with van der Waals surface area (Å²) in [6.07, 6.45) is 5.58. The molecule has 1 heterocycles. The number of nitrogens with zero attached hydrogens (tertiary/aromatic N) is 1. The summed E-state index contributed by atoms with van der Waals surface area (Å²) in [6.45, 7) is 2.45. The van der Waals surface area contributed by atoms with Crippen molar-refractivity contribution in [2.75, 3.05) is 11.9 Å². The van der Waals surface area contributed by atoms with Crippen LogP contribution in [-0.2, 0) is 14.8 Å². The Morgan fingerprint density at radius 3 is 2.70 bits per heavy atom. The van der Waals surface area contributed by atoms with Gasteiger partial charge < -0.3 is 10.4 Å². The lowest BCUT2D eigenvalue weighted by atomic mass is 10.1. The maximum atomic E-state index is 12.1. The Kier molecular flexibility index (Phi) is 5.95. The topological polar surface area (TPSA) is 108 Å². The summed E-state index contributed by atoms with van der Waals surface area (Å²) in [6, 6.07) is 2.20. The third-order valence-corrected chi connectivity index (χ3v) is 5.18. The number of unbranched alkanes of at least 4 members (excludes halogenated alkanes) is 1. The molecule has 7 nitrogen and oxygen atoms in total. The Morgan fingerprint density at radius 1 is 1.43 bits per heavy atom. The average molecular weight is 341 g/mol. The monoisotopic (exact) mass is 341 g/mol. The molecule has 8 heteroatoms. The fraction of sp³-hybridized carbons (Fsp3) is 0.600. The Hall–Kier alpha value is -1.67. The van der Waals surface area contributed by atoms with Gasteiger partial charge in [-0.3, -0.25) is 0 Å². The van der Waals surface area contributed by atoms with E-state index in [1.165, 1.54) is 18.3 Å². The number of rotatable bonds is 10. The standard InChI is InChI=1S/C15H23N3O4S/c1-2-3-4-13(15(19)20)18-14-8-7-12(10-16-14)23(21,22)17-9-11-5-6-11/h7-8,10-11,13,17H,2-6,9H2,1H3,(H,16,18)(H,19,20)/t13-/m0/s1. The van der Waals surface area contributed by atoms with Crippen molar-refractivity contribution < 1.29 is 18.3 Å². The van der Waals surface area contributed by atoms with Crippen molar-refractivity contribution in [2.24, 2.45) is 5.92 Å². The SMILES string of the molecule is CCCC[C@H](Nc1ccc(S(=O)(=O)NCC2CC2)cn1)C(=O)O. The van der Waals surface area contributed by atoms with E-state index < -0.39 is 22.0 Å². The van der Waals surface area contributed by atoms with Gasteiger partial charge in [-0.2, -0.15) is 0 Å². The van der Waals surface area contributed by atoms with Crippen molar-refractivity contribution in [3.63, 3.8) is 0 Å². The molecule has 23 heavy (non-hydrogen) atoms. The average Bonchev–Trinajstić information content (AvgIpc) is 3.34. The van der Waals surface area contributed by atoms with Crippen LogP contribution in [0.5, 0.6) is 0 Å². The number of carboxylic acid groups (broad SMARTS) is 1. The molecule has 1 saturated carbocycles. The molecule has 2 rings (SSSR count). The first-order chi connectivity index (χ1) is 10.9. The highest BCUT2D eigenvalue weighted by molar-refractivity contribution is 7.89. The second-order valence-corrected chi connectivity index (χ2v) is 7.62. The molecule has 1 aromatic heterocycles.